The summed E-state index contributed by atoms with van der Waals surface area (Å²) < 4.78 is 0. The van der Waals surface area contributed by atoms with Gasteiger partial charge in [-0.2, -0.15) is 5.26 Å². The summed E-state index contributed by atoms with van der Waals surface area (Å²) >= 11 is 0. The van der Waals surface area contributed by atoms with Crippen LogP contribution in [0, 0.1) is 79.8 Å². The molecule has 0 aromatic carbocycles. The number of Topliss-reactive ketones (excluding diaryl/α,β-unsaturated/α-hetero) is 2. The fourth-order valence-corrected chi connectivity index (χ4v) is 10.5. The predicted molar refractivity (Wildman–Crippen MR) is 178 cm³/mol. The van der Waals surface area contributed by atoms with Gasteiger partial charge in [-0.25, -0.2) is 0 Å². The average molecular weight is 618 g/mol. The molecule has 0 aromatic rings. The quantitative estimate of drug-likeness (QED) is 0.261. The van der Waals surface area contributed by atoms with Gasteiger partial charge in [0.15, 0.2) is 11.6 Å². The number of carbonyl (C=O) groups excluding carboxylic acids is 4. The van der Waals surface area contributed by atoms with E-state index in [2.05, 4.69) is 45.5 Å². The van der Waals surface area contributed by atoms with Crippen molar-refractivity contribution in [2.24, 2.45) is 44.3 Å². The lowest BCUT2D eigenvalue weighted by Gasteiger charge is -2.58. The molecular formula is C41H47NO4. The maximum atomic E-state index is 12.5. The van der Waals surface area contributed by atoms with E-state index in [0.29, 0.717) is 24.4 Å². The van der Waals surface area contributed by atoms with Crippen LogP contribution in [0.5, 0.6) is 0 Å². The van der Waals surface area contributed by atoms with Gasteiger partial charge in [0.1, 0.15) is 17.6 Å². The Balaban J connectivity index is 0.000000182. The standard InChI is InChI=1S/C21H23NO2.C20H24O2/c1-5-8-21-10-6-16-19(2,3)18(24)7-9-20(16,4)17(21)11-15(23)14(12-21)13-22;1-6-20-10-7-15-18(3,4)17(22)8-9-19(15,5)16(20)11-14(21)13(2)12-20/h11-12,16H,6-7,9-10H2,1-4H3;1,11-12,15H,7-10H2,2-5H3/t16-,20-,21-;15-,19-,20-/m00/s1. The van der Waals surface area contributed by atoms with Crippen LogP contribution in [0.15, 0.2) is 46.6 Å². The number of ketones is 4. The molecule has 6 atom stereocenters. The van der Waals surface area contributed by atoms with Gasteiger partial charge in [-0.1, -0.05) is 59.5 Å². The van der Waals surface area contributed by atoms with E-state index in [1.54, 1.807) is 25.2 Å². The summed E-state index contributed by atoms with van der Waals surface area (Å²) in [7, 11) is 0. The van der Waals surface area contributed by atoms with Crippen molar-refractivity contribution in [1.29, 1.82) is 5.26 Å². The molecule has 240 valence electrons. The third-order valence-electron chi connectivity index (χ3n) is 13.1. The van der Waals surface area contributed by atoms with Gasteiger partial charge >= 0.3 is 0 Å². The molecule has 5 heteroatoms. The second kappa shape index (κ2) is 10.9. The Morgan fingerprint density at radius 3 is 1.70 bits per heavy atom. The van der Waals surface area contributed by atoms with E-state index in [0.717, 1.165) is 55.2 Å². The zero-order valence-corrected chi connectivity index (χ0v) is 28.8. The van der Waals surface area contributed by atoms with Gasteiger partial charge in [0.05, 0.1) is 16.4 Å². The van der Waals surface area contributed by atoms with Crippen molar-refractivity contribution in [2.45, 2.75) is 107 Å². The van der Waals surface area contributed by atoms with Crippen molar-refractivity contribution >= 4 is 23.1 Å². The number of hydrogen-bond acceptors (Lipinski definition) is 5. The molecule has 5 nitrogen and oxygen atoms in total. The van der Waals surface area contributed by atoms with E-state index in [4.69, 9.17) is 6.42 Å². The maximum absolute atomic E-state index is 12.5. The molecule has 0 radical (unpaired) electrons. The highest BCUT2D eigenvalue weighted by Crippen LogP contribution is 2.65. The third kappa shape index (κ3) is 4.67. The first-order valence-corrected chi connectivity index (χ1v) is 16.7. The molecule has 6 aliphatic carbocycles. The van der Waals surface area contributed by atoms with Crippen molar-refractivity contribution in [3.05, 3.63) is 46.6 Å². The predicted octanol–water partition coefficient (Wildman–Crippen LogP) is 7.63. The highest BCUT2D eigenvalue weighted by Gasteiger charge is 2.60. The van der Waals surface area contributed by atoms with Gasteiger partial charge in [-0.3, -0.25) is 19.2 Å². The summed E-state index contributed by atoms with van der Waals surface area (Å²) in [6.07, 6.45) is 19.2. The fraction of sp³-hybridized carbons (Fsp3) is 0.585. The number of allylic oxidation sites excluding steroid dienone is 8. The van der Waals surface area contributed by atoms with Crippen molar-refractivity contribution in [2.75, 3.05) is 0 Å². The number of terminal acetylenes is 1. The molecular weight excluding hydrogens is 570 g/mol. The van der Waals surface area contributed by atoms with Crippen LogP contribution < -0.4 is 0 Å². The van der Waals surface area contributed by atoms with Crippen molar-refractivity contribution in [1.82, 2.24) is 0 Å². The van der Waals surface area contributed by atoms with Crippen molar-refractivity contribution in [3.63, 3.8) is 0 Å². The Kier molecular flexibility index (Phi) is 7.97. The van der Waals surface area contributed by atoms with E-state index in [1.165, 1.54) is 0 Å². The first-order chi connectivity index (χ1) is 21.4. The minimum Gasteiger partial charge on any atom is -0.299 e. The lowest BCUT2D eigenvalue weighted by Crippen LogP contribution is -2.54. The summed E-state index contributed by atoms with van der Waals surface area (Å²) in [4.78, 5) is 49.5. The normalized spacial score (nSPS) is 38.5. The Hall–Kier alpha value is -3.75. The summed E-state index contributed by atoms with van der Waals surface area (Å²) in [5.41, 5.74) is 0.955. The zero-order valence-electron chi connectivity index (χ0n) is 28.8. The monoisotopic (exact) mass is 617 g/mol. The Morgan fingerprint density at radius 1 is 0.739 bits per heavy atom. The Bertz CT molecular complexity index is 1720. The third-order valence-corrected chi connectivity index (χ3v) is 13.1. The molecule has 0 aliphatic heterocycles. The topological polar surface area (TPSA) is 92.1 Å². The molecule has 0 saturated heterocycles. The van der Waals surface area contributed by atoms with Crippen LogP contribution in [-0.2, 0) is 19.2 Å². The van der Waals surface area contributed by atoms with Crippen molar-refractivity contribution in [3.8, 4) is 30.3 Å². The van der Waals surface area contributed by atoms with Crippen LogP contribution in [0.4, 0.5) is 0 Å². The van der Waals surface area contributed by atoms with Gasteiger partial charge in [0, 0.05) is 23.7 Å². The van der Waals surface area contributed by atoms with Gasteiger partial charge in [-0.15, -0.1) is 12.3 Å². The molecule has 4 saturated carbocycles. The van der Waals surface area contributed by atoms with E-state index in [-0.39, 0.29) is 50.6 Å². The largest absolute Gasteiger partial charge is 0.299 e. The number of fused-ring (bicyclic) bond motifs is 6. The summed E-state index contributed by atoms with van der Waals surface area (Å²) in [5.74, 6) is 10.3. The molecule has 4 fully saturated rings. The second-order valence-corrected chi connectivity index (χ2v) is 16.1. The van der Waals surface area contributed by atoms with Crippen LogP contribution in [-0.4, -0.2) is 23.1 Å². The van der Waals surface area contributed by atoms with Crippen molar-refractivity contribution < 1.29 is 19.2 Å². The fourth-order valence-electron chi connectivity index (χ4n) is 10.5. The zero-order chi connectivity index (χ0) is 34.1. The molecule has 6 rings (SSSR count). The van der Waals surface area contributed by atoms with Crippen LogP contribution in [0.2, 0.25) is 0 Å². The molecule has 0 bridgehead atoms. The van der Waals surface area contributed by atoms with Crippen LogP contribution in [0.1, 0.15) is 107 Å². The lowest BCUT2D eigenvalue weighted by molar-refractivity contribution is -0.141. The smallest absolute Gasteiger partial charge is 0.196 e. The first-order valence-electron chi connectivity index (χ1n) is 16.7. The molecule has 0 aromatic heterocycles. The second-order valence-electron chi connectivity index (χ2n) is 16.1. The van der Waals surface area contributed by atoms with Crippen LogP contribution >= 0.6 is 0 Å². The number of rotatable bonds is 0. The minimum atomic E-state index is -0.532. The number of carbonyl (C=O) groups is 4. The summed E-state index contributed by atoms with van der Waals surface area (Å²) in [5, 5.41) is 9.29. The highest BCUT2D eigenvalue weighted by atomic mass is 16.1. The van der Waals surface area contributed by atoms with E-state index < -0.39 is 10.8 Å². The number of nitriles is 1. The molecule has 0 unspecified atom stereocenters. The van der Waals surface area contributed by atoms with Gasteiger partial charge in [0.2, 0.25) is 0 Å². The molecule has 0 amide bonds. The maximum Gasteiger partial charge on any atom is 0.196 e. The van der Waals surface area contributed by atoms with Gasteiger partial charge < -0.3 is 0 Å². The minimum absolute atomic E-state index is 0.0671. The van der Waals surface area contributed by atoms with E-state index >= 15 is 0 Å². The number of hydrogen-bond donors (Lipinski definition) is 0. The number of nitrogens with zero attached hydrogens (tertiary/aromatic N) is 1. The van der Waals surface area contributed by atoms with Gasteiger partial charge in [-0.05, 0) is 110 Å². The molecule has 46 heavy (non-hydrogen) atoms. The lowest BCUT2D eigenvalue weighted by atomic mass is 9.44. The molecule has 0 N–H and O–H groups in total. The van der Waals surface area contributed by atoms with Crippen LogP contribution in [0.25, 0.3) is 0 Å². The summed E-state index contributed by atoms with van der Waals surface area (Å²) in [6.45, 7) is 16.2. The summed E-state index contributed by atoms with van der Waals surface area (Å²) in [6, 6.07) is 2.02. The van der Waals surface area contributed by atoms with E-state index in [1.807, 2.05) is 32.9 Å². The van der Waals surface area contributed by atoms with Gasteiger partial charge in [0.25, 0.3) is 0 Å². The highest BCUT2D eigenvalue weighted by molar-refractivity contribution is 6.09. The Labute approximate surface area is 275 Å². The first kappa shape index (κ1) is 33.6. The SMILES string of the molecule is C#C[C@]12C=C(C)C(=O)C=C1[C@@]1(C)CCC(=O)C(C)(C)[C@@H]1CC2.CC#C[C@]12C=C(C#N)C(=O)C=C1[C@@]1(C)CCC(=O)C(C)(C)[C@@H]1CC2. The average Bonchev–Trinajstić information content (AvgIpc) is 2.99. The Morgan fingerprint density at radius 2 is 1.22 bits per heavy atom. The van der Waals surface area contributed by atoms with Crippen LogP contribution in [0.3, 0.4) is 0 Å². The molecule has 0 spiro atoms. The van der Waals surface area contributed by atoms with E-state index in [9.17, 15) is 24.4 Å². The molecule has 6 aliphatic rings. The molecule has 0 heterocycles.